The van der Waals surface area contributed by atoms with Gasteiger partial charge in [-0.05, 0) is 25.3 Å². The van der Waals surface area contributed by atoms with Crippen LogP contribution in [-0.2, 0) is 0 Å². The molecule has 0 amide bonds. The number of hydrogen-bond donors (Lipinski definition) is 0. The van der Waals surface area contributed by atoms with Crippen molar-refractivity contribution < 1.29 is 4.79 Å². The standard InChI is InChI=1S/C13H14O/c1-2-3-10-4-6-11(7-5-10)13(14)12-8-9-12/h2-7,12H,8-9H2,1H3/b3-2+. The lowest BCUT2D eigenvalue weighted by molar-refractivity contribution is 0.0967. The number of hydrogen-bond acceptors (Lipinski definition) is 1. The van der Waals surface area contributed by atoms with Crippen LogP contribution in [0, 0.1) is 5.92 Å². The summed E-state index contributed by atoms with van der Waals surface area (Å²) in [7, 11) is 0. The van der Waals surface area contributed by atoms with Gasteiger partial charge in [-0.2, -0.15) is 0 Å². The van der Waals surface area contributed by atoms with Gasteiger partial charge in [-0.25, -0.2) is 0 Å². The predicted molar refractivity (Wildman–Crippen MR) is 58.2 cm³/mol. The van der Waals surface area contributed by atoms with E-state index in [2.05, 4.69) is 0 Å². The molecule has 1 aliphatic carbocycles. The van der Waals surface area contributed by atoms with E-state index >= 15 is 0 Å². The van der Waals surface area contributed by atoms with E-state index in [0.29, 0.717) is 11.7 Å². The molecule has 0 saturated heterocycles. The Morgan fingerprint density at radius 3 is 2.43 bits per heavy atom. The summed E-state index contributed by atoms with van der Waals surface area (Å²) in [6.45, 7) is 1.99. The van der Waals surface area contributed by atoms with Crippen LogP contribution in [0.1, 0.15) is 35.7 Å². The van der Waals surface area contributed by atoms with Crippen molar-refractivity contribution in [2.24, 2.45) is 5.92 Å². The van der Waals surface area contributed by atoms with Crippen LogP contribution in [0.3, 0.4) is 0 Å². The SMILES string of the molecule is C/C=C/c1ccc(C(=O)C2CC2)cc1. The summed E-state index contributed by atoms with van der Waals surface area (Å²) < 4.78 is 0. The molecule has 0 unspecified atom stereocenters. The van der Waals surface area contributed by atoms with Crippen molar-refractivity contribution in [3.63, 3.8) is 0 Å². The van der Waals surface area contributed by atoms with Gasteiger partial charge in [0, 0.05) is 11.5 Å². The minimum Gasteiger partial charge on any atom is -0.294 e. The molecule has 1 aromatic carbocycles. The summed E-state index contributed by atoms with van der Waals surface area (Å²) in [6, 6.07) is 7.84. The first kappa shape index (κ1) is 9.20. The molecule has 0 heterocycles. The molecule has 0 bridgehead atoms. The minimum atomic E-state index is 0.317. The number of ketones is 1. The molecule has 1 nitrogen and oxygen atoms in total. The third kappa shape index (κ3) is 1.92. The number of benzene rings is 1. The lowest BCUT2D eigenvalue weighted by Gasteiger charge is -1.99. The smallest absolute Gasteiger partial charge is 0.165 e. The van der Waals surface area contributed by atoms with Crippen molar-refractivity contribution in [1.82, 2.24) is 0 Å². The Labute approximate surface area is 84.5 Å². The first-order valence-corrected chi connectivity index (χ1v) is 5.08. The molecule has 1 aliphatic rings. The average Bonchev–Trinajstić information content (AvgIpc) is 3.02. The zero-order valence-electron chi connectivity index (χ0n) is 8.36. The quantitative estimate of drug-likeness (QED) is 0.662. The summed E-state index contributed by atoms with van der Waals surface area (Å²) in [6.07, 6.45) is 6.19. The van der Waals surface area contributed by atoms with E-state index in [0.717, 1.165) is 24.0 Å². The van der Waals surface area contributed by atoms with E-state index in [1.165, 1.54) is 0 Å². The van der Waals surface area contributed by atoms with Gasteiger partial charge in [-0.3, -0.25) is 4.79 Å². The maximum atomic E-state index is 11.7. The number of allylic oxidation sites excluding steroid dienone is 1. The van der Waals surface area contributed by atoms with Crippen LogP contribution in [-0.4, -0.2) is 5.78 Å². The van der Waals surface area contributed by atoms with Gasteiger partial charge in [-0.1, -0.05) is 36.4 Å². The summed E-state index contributed by atoms with van der Waals surface area (Å²) in [5, 5.41) is 0. The number of carbonyl (C=O) groups is 1. The monoisotopic (exact) mass is 186 g/mol. The van der Waals surface area contributed by atoms with E-state index in [-0.39, 0.29) is 0 Å². The third-order valence-electron chi connectivity index (χ3n) is 2.50. The molecule has 0 aromatic heterocycles. The highest BCUT2D eigenvalue weighted by molar-refractivity contribution is 5.99. The first-order valence-electron chi connectivity index (χ1n) is 5.08. The van der Waals surface area contributed by atoms with Crippen molar-refractivity contribution in [2.45, 2.75) is 19.8 Å². The molecular weight excluding hydrogens is 172 g/mol. The predicted octanol–water partition coefficient (Wildman–Crippen LogP) is 3.31. The van der Waals surface area contributed by atoms with E-state index < -0.39 is 0 Å². The second-order valence-corrected chi connectivity index (χ2v) is 3.76. The normalized spacial score (nSPS) is 16.1. The highest BCUT2D eigenvalue weighted by atomic mass is 16.1. The molecule has 0 radical (unpaired) electrons. The van der Waals surface area contributed by atoms with E-state index in [4.69, 9.17) is 0 Å². The first-order chi connectivity index (χ1) is 6.81. The van der Waals surface area contributed by atoms with Gasteiger partial charge < -0.3 is 0 Å². The zero-order chi connectivity index (χ0) is 9.97. The molecule has 72 valence electrons. The van der Waals surface area contributed by atoms with Gasteiger partial charge in [0.2, 0.25) is 0 Å². The number of rotatable bonds is 3. The van der Waals surface area contributed by atoms with E-state index in [1.807, 2.05) is 43.3 Å². The lowest BCUT2D eigenvalue weighted by Crippen LogP contribution is -2.00. The summed E-state index contributed by atoms with van der Waals surface area (Å²) in [4.78, 5) is 11.7. The molecule has 0 spiro atoms. The van der Waals surface area contributed by atoms with Gasteiger partial charge in [0.1, 0.15) is 0 Å². The van der Waals surface area contributed by atoms with Crippen LogP contribution in [0.5, 0.6) is 0 Å². The van der Waals surface area contributed by atoms with E-state index in [9.17, 15) is 4.79 Å². The molecule has 0 aliphatic heterocycles. The Morgan fingerprint density at radius 2 is 1.93 bits per heavy atom. The summed E-state index contributed by atoms with van der Waals surface area (Å²) >= 11 is 0. The second-order valence-electron chi connectivity index (χ2n) is 3.76. The Hall–Kier alpha value is -1.37. The highest BCUT2D eigenvalue weighted by Gasteiger charge is 2.30. The van der Waals surface area contributed by atoms with Crippen molar-refractivity contribution in [3.8, 4) is 0 Å². The van der Waals surface area contributed by atoms with Crippen molar-refractivity contribution in [2.75, 3.05) is 0 Å². The fraction of sp³-hybridized carbons (Fsp3) is 0.308. The molecular formula is C13H14O. The van der Waals surface area contributed by atoms with Crippen molar-refractivity contribution in [3.05, 3.63) is 41.5 Å². The fourth-order valence-electron chi connectivity index (χ4n) is 1.53. The minimum absolute atomic E-state index is 0.317. The van der Waals surface area contributed by atoms with Gasteiger partial charge in [0.05, 0.1) is 0 Å². The summed E-state index contributed by atoms with van der Waals surface area (Å²) in [5.41, 5.74) is 2.01. The molecule has 1 saturated carbocycles. The van der Waals surface area contributed by atoms with Gasteiger partial charge in [0.15, 0.2) is 5.78 Å². The van der Waals surface area contributed by atoms with Crippen LogP contribution in [0.25, 0.3) is 6.08 Å². The van der Waals surface area contributed by atoms with Crippen molar-refractivity contribution in [1.29, 1.82) is 0 Å². The average molecular weight is 186 g/mol. The zero-order valence-corrected chi connectivity index (χ0v) is 8.36. The largest absolute Gasteiger partial charge is 0.294 e. The molecule has 1 fully saturated rings. The molecule has 1 heteroatoms. The molecule has 0 atom stereocenters. The molecule has 2 rings (SSSR count). The maximum Gasteiger partial charge on any atom is 0.165 e. The topological polar surface area (TPSA) is 17.1 Å². The van der Waals surface area contributed by atoms with Crippen LogP contribution in [0.4, 0.5) is 0 Å². The Morgan fingerprint density at radius 1 is 1.29 bits per heavy atom. The van der Waals surface area contributed by atoms with Gasteiger partial charge >= 0.3 is 0 Å². The van der Waals surface area contributed by atoms with Crippen LogP contribution < -0.4 is 0 Å². The van der Waals surface area contributed by atoms with E-state index in [1.54, 1.807) is 0 Å². The fourth-order valence-corrected chi connectivity index (χ4v) is 1.53. The number of Topliss-reactive ketones (excluding diaryl/α,β-unsaturated/α-hetero) is 1. The van der Waals surface area contributed by atoms with Crippen molar-refractivity contribution >= 4 is 11.9 Å². The second kappa shape index (κ2) is 3.79. The third-order valence-corrected chi connectivity index (χ3v) is 2.50. The van der Waals surface area contributed by atoms with Gasteiger partial charge in [-0.15, -0.1) is 0 Å². The van der Waals surface area contributed by atoms with Crippen LogP contribution >= 0.6 is 0 Å². The highest BCUT2D eigenvalue weighted by Crippen LogP contribution is 2.32. The molecule has 0 N–H and O–H groups in total. The van der Waals surface area contributed by atoms with Crippen LogP contribution in [0.15, 0.2) is 30.3 Å². The van der Waals surface area contributed by atoms with Crippen LogP contribution in [0.2, 0.25) is 0 Å². The number of carbonyl (C=O) groups excluding carboxylic acids is 1. The Bertz CT molecular complexity index is 355. The Kier molecular flexibility index (Phi) is 2.49. The van der Waals surface area contributed by atoms with Gasteiger partial charge in [0.25, 0.3) is 0 Å². The summed E-state index contributed by atoms with van der Waals surface area (Å²) in [5.74, 6) is 0.639. The maximum absolute atomic E-state index is 11.7. The Balaban J connectivity index is 2.16. The molecule has 14 heavy (non-hydrogen) atoms. The molecule has 1 aromatic rings. The lowest BCUT2D eigenvalue weighted by atomic mass is 10.1.